The molecule has 0 aliphatic rings. The van der Waals surface area contributed by atoms with E-state index < -0.39 is 0 Å². The molecule has 4 rings (SSSR count). The van der Waals surface area contributed by atoms with Crippen LogP contribution in [0.4, 0.5) is 0 Å². The fourth-order valence-corrected chi connectivity index (χ4v) is 3.67. The van der Waals surface area contributed by atoms with Crippen molar-refractivity contribution in [1.29, 1.82) is 0 Å². The number of nitrogens with zero attached hydrogens (tertiary/aromatic N) is 2. The van der Waals surface area contributed by atoms with Gasteiger partial charge < -0.3 is 4.74 Å². The van der Waals surface area contributed by atoms with Crippen LogP contribution in [0.5, 0.6) is 11.6 Å². The summed E-state index contributed by atoms with van der Waals surface area (Å²) in [5.41, 5.74) is 5.95. The molecule has 2 heterocycles. The lowest BCUT2D eigenvalue weighted by atomic mass is 10.0. The minimum Gasteiger partial charge on any atom is -0.438 e. The van der Waals surface area contributed by atoms with Crippen molar-refractivity contribution in [1.82, 2.24) is 9.97 Å². The summed E-state index contributed by atoms with van der Waals surface area (Å²) in [5, 5.41) is 3.09. The van der Waals surface area contributed by atoms with Crippen LogP contribution in [0, 0.1) is 20.8 Å². The number of hydrogen-bond donors (Lipinski definition) is 0. The maximum atomic E-state index is 6.13. The minimum absolute atomic E-state index is 0.602. The molecule has 0 saturated carbocycles. The average Bonchev–Trinajstić information content (AvgIpc) is 3.04. The Morgan fingerprint density at radius 2 is 1.68 bits per heavy atom. The zero-order valence-electron chi connectivity index (χ0n) is 14.4. The van der Waals surface area contributed by atoms with Crippen LogP contribution in [0.3, 0.4) is 0 Å². The van der Waals surface area contributed by atoms with Crippen molar-refractivity contribution >= 4 is 21.6 Å². The van der Waals surface area contributed by atoms with Gasteiger partial charge in [-0.1, -0.05) is 35.9 Å². The zero-order valence-corrected chi connectivity index (χ0v) is 15.2. The Hall–Kier alpha value is -2.72. The third-order valence-corrected chi connectivity index (χ3v) is 5.28. The average molecular weight is 346 g/mol. The molecular formula is C21H18N2OS. The van der Waals surface area contributed by atoms with E-state index in [1.165, 1.54) is 16.7 Å². The fourth-order valence-electron chi connectivity index (χ4n) is 2.76. The normalized spacial score (nSPS) is 11.0. The van der Waals surface area contributed by atoms with E-state index in [1.807, 2.05) is 12.1 Å². The molecule has 0 aliphatic carbocycles. The van der Waals surface area contributed by atoms with E-state index in [1.54, 1.807) is 17.7 Å². The highest BCUT2D eigenvalue weighted by molar-refractivity contribution is 7.17. The van der Waals surface area contributed by atoms with Crippen molar-refractivity contribution in [2.45, 2.75) is 20.8 Å². The highest BCUT2D eigenvalue weighted by atomic mass is 32.1. The number of ether oxygens (including phenoxy) is 1. The van der Waals surface area contributed by atoms with Crippen molar-refractivity contribution in [3.05, 3.63) is 70.9 Å². The number of thiophene rings is 1. The van der Waals surface area contributed by atoms with Crippen LogP contribution in [0.25, 0.3) is 21.3 Å². The van der Waals surface area contributed by atoms with Gasteiger partial charge in [-0.2, -0.15) is 0 Å². The number of fused-ring (bicyclic) bond motifs is 1. The molecule has 0 N–H and O–H groups in total. The quantitative estimate of drug-likeness (QED) is 0.451. The van der Waals surface area contributed by atoms with Crippen molar-refractivity contribution in [2.75, 3.05) is 0 Å². The van der Waals surface area contributed by atoms with Crippen LogP contribution >= 0.6 is 11.3 Å². The standard InChI is InChI=1S/C21H18N2OS/c1-13-4-7-16(8-5-13)18-11-25-21-19(18)20(22-12-23-21)24-17-9-6-14(2)15(3)10-17/h4-12H,1-3H3. The molecule has 4 heteroatoms. The summed E-state index contributed by atoms with van der Waals surface area (Å²) in [6.45, 7) is 6.27. The zero-order chi connectivity index (χ0) is 17.4. The van der Waals surface area contributed by atoms with Gasteiger partial charge in [-0.05, 0) is 49.6 Å². The first-order chi connectivity index (χ1) is 12.1. The fraction of sp³-hybridized carbons (Fsp3) is 0.143. The van der Waals surface area contributed by atoms with Crippen molar-refractivity contribution in [3.8, 4) is 22.8 Å². The summed E-state index contributed by atoms with van der Waals surface area (Å²) < 4.78 is 6.13. The Morgan fingerprint density at radius 3 is 2.44 bits per heavy atom. The van der Waals surface area contributed by atoms with Crippen LogP contribution < -0.4 is 4.74 Å². The number of aryl methyl sites for hydroxylation is 3. The van der Waals surface area contributed by atoms with Crippen LogP contribution in [-0.2, 0) is 0 Å². The molecule has 0 atom stereocenters. The predicted molar refractivity (Wildman–Crippen MR) is 104 cm³/mol. The number of rotatable bonds is 3. The van der Waals surface area contributed by atoms with Crippen LogP contribution in [-0.4, -0.2) is 9.97 Å². The first-order valence-corrected chi connectivity index (χ1v) is 9.04. The van der Waals surface area contributed by atoms with Gasteiger partial charge in [-0.3, -0.25) is 0 Å². The number of aromatic nitrogens is 2. The van der Waals surface area contributed by atoms with Gasteiger partial charge >= 0.3 is 0 Å². The molecule has 3 nitrogen and oxygen atoms in total. The van der Waals surface area contributed by atoms with E-state index in [-0.39, 0.29) is 0 Å². The van der Waals surface area contributed by atoms with E-state index in [2.05, 4.69) is 66.5 Å². The lowest BCUT2D eigenvalue weighted by molar-refractivity contribution is 0.468. The molecule has 2 aromatic heterocycles. The molecular weight excluding hydrogens is 328 g/mol. The Morgan fingerprint density at radius 1 is 0.880 bits per heavy atom. The van der Waals surface area contributed by atoms with Gasteiger partial charge in [0.05, 0.1) is 5.39 Å². The topological polar surface area (TPSA) is 35.0 Å². The van der Waals surface area contributed by atoms with Gasteiger partial charge in [0.25, 0.3) is 0 Å². The summed E-state index contributed by atoms with van der Waals surface area (Å²) in [7, 11) is 0. The molecule has 2 aromatic carbocycles. The molecule has 0 aliphatic heterocycles. The van der Waals surface area contributed by atoms with E-state index in [9.17, 15) is 0 Å². The summed E-state index contributed by atoms with van der Waals surface area (Å²) in [6, 6.07) is 14.6. The molecule has 0 unspecified atom stereocenters. The Balaban J connectivity index is 1.82. The molecule has 4 aromatic rings. The Labute approximate surface area is 151 Å². The lowest BCUT2D eigenvalue weighted by Crippen LogP contribution is -1.92. The second kappa shape index (κ2) is 6.30. The minimum atomic E-state index is 0.602. The second-order valence-corrected chi connectivity index (χ2v) is 7.08. The van der Waals surface area contributed by atoms with Crippen LogP contribution in [0.1, 0.15) is 16.7 Å². The van der Waals surface area contributed by atoms with E-state index in [4.69, 9.17) is 4.74 Å². The van der Waals surface area contributed by atoms with Crippen LogP contribution in [0.2, 0.25) is 0 Å². The van der Waals surface area contributed by atoms with E-state index >= 15 is 0 Å². The maximum absolute atomic E-state index is 6.13. The maximum Gasteiger partial charge on any atom is 0.231 e. The van der Waals surface area contributed by atoms with Gasteiger partial charge in [0.15, 0.2) is 0 Å². The highest BCUT2D eigenvalue weighted by Crippen LogP contribution is 2.39. The SMILES string of the molecule is Cc1ccc(-c2csc3ncnc(Oc4ccc(C)c(C)c4)c23)cc1. The van der Waals surface area contributed by atoms with Crippen molar-refractivity contribution in [2.24, 2.45) is 0 Å². The molecule has 0 bridgehead atoms. The van der Waals surface area contributed by atoms with Gasteiger partial charge in [-0.25, -0.2) is 9.97 Å². The van der Waals surface area contributed by atoms with Gasteiger partial charge in [0.2, 0.25) is 5.88 Å². The van der Waals surface area contributed by atoms with Crippen LogP contribution in [0.15, 0.2) is 54.2 Å². The molecule has 0 radical (unpaired) electrons. The second-order valence-electron chi connectivity index (χ2n) is 6.22. The van der Waals surface area contributed by atoms with Gasteiger partial charge in [-0.15, -0.1) is 11.3 Å². The Bertz CT molecular complexity index is 1050. The number of benzene rings is 2. The molecule has 0 amide bonds. The first kappa shape index (κ1) is 15.8. The molecule has 124 valence electrons. The highest BCUT2D eigenvalue weighted by Gasteiger charge is 2.15. The van der Waals surface area contributed by atoms with E-state index in [0.29, 0.717) is 5.88 Å². The van der Waals surface area contributed by atoms with Crippen molar-refractivity contribution in [3.63, 3.8) is 0 Å². The lowest BCUT2D eigenvalue weighted by Gasteiger charge is -2.09. The molecule has 0 saturated heterocycles. The van der Waals surface area contributed by atoms with Gasteiger partial charge in [0, 0.05) is 10.9 Å². The smallest absolute Gasteiger partial charge is 0.231 e. The van der Waals surface area contributed by atoms with Gasteiger partial charge in [0.1, 0.15) is 16.9 Å². The summed E-state index contributed by atoms with van der Waals surface area (Å²) in [6.07, 6.45) is 1.56. The molecule has 0 fully saturated rings. The molecule has 25 heavy (non-hydrogen) atoms. The predicted octanol–water partition coefficient (Wildman–Crippen LogP) is 6.08. The van der Waals surface area contributed by atoms with Crippen molar-refractivity contribution < 1.29 is 4.74 Å². The first-order valence-electron chi connectivity index (χ1n) is 8.16. The summed E-state index contributed by atoms with van der Waals surface area (Å²) in [5.74, 6) is 1.40. The monoisotopic (exact) mass is 346 g/mol. The third kappa shape index (κ3) is 3.01. The number of hydrogen-bond acceptors (Lipinski definition) is 4. The Kier molecular flexibility index (Phi) is 3.98. The van der Waals surface area contributed by atoms with E-state index in [0.717, 1.165) is 27.1 Å². The largest absolute Gasteiger partial charge is 0.438 e. The summed E-state index contributed by atoms with van der Waals surface area (Å²) >= 11 is 1.61. The molecule has 0 spiro atoms. The summed E-state index contributed by atoms with van der Waals surface area (Å²) in [4.78, 5) is 9.74. The third-order valence-electron chi connectivity index (χ3n) is 4.39.